The highest BCUT2D eigenvalue weighted by Gasteiger charge is 2.36. The van der Waals surface area contributed by atoms with Crippen molar-refractivity contribution in [3.8, 4) is 11.5 Å². The number of hydrogen-bond acceptors (Lipinski definition) is 7. The number of likely N-dealkylation sites (N-methyl/N-ethyl adjacent to an activating group) is 1. The zero-order chi connectivity index (χ0) is 22.8. The molecule has 176 valence electrons. The largest absolute Gasteiger partial charge is 0.497 e. The SMILES string of the molecule is COc1ccc(CN(C)C[C@@]2(O)CCN(Cc3ccc(OCCOCCO)cc3)C2)cc1. The Kier molecular flexibility index (Phi) is 9.32. The first-order valence-electron chi connectivity index (χ1n) is 11.2. The van der Waals surface area contributed by atoms with Crippen LogP contribution in [0.25, 0.3) is 0 Å². The summed E-state index contributed by atoms with van der Waals surface area (Å²) in [7, 11) is 3.72. The number of methoxy groups -OCH3 is 1. The van der Waals surface area contributed by atoms with Crippen molar-refractivity contribution < 1.29 is 24.4 Å². The van der Waals surface area contributed by atoms with Gasteiger partial charge in [0.1, 0.15) is 18.1 Å². The Morgan fingerprint density at radius 1 is 0.969 bits per heavy atom. The van der Waals surface area contributed by atoms with Crippen LogP contribution >= 0.6 is 0 Å². The Morgan fingerprint density at radius 3 is 2.34 bits per heavy atom. The molecule has 0 radical (unpaired) electrons. The van der Waals surface area contributed by atoms with Crippen LogP contribution < -0.4 is 9.47 Å². The van der Waals surface area contributed by atoms with E-state index in [1.807, 2.05) is 24.3 Å². The molecular weight excluding hydrogens is 408 g/mol. The van der Waals surface area contributed by atoms with Crippen LogP contribution in [0.4, 0.5) is 0 Å². The third-order valence-corrected chi connectivity index (χ3v) is 5.65. The normalized spacial score (nSPS) is 18.9. The maximum Gasteiger partial charge on any atom is 0.119 e. The molecule has 0 spiro atoms. The van der Waals surface area contributed by atoms with Gasteiger partial charge in [0, 0.05) is 32.7 Å². The van der Waals surface area contributed by atoms with Gasteiger partial charge in [-0.25, -0.2) is 0 Å². The summed E-state index contributed by atoms with van der Waals surface area (Å²) in [6.07, 6.45) is 0.773. The van der Waals surface area contributed by atoms with Crippen molar-refractivity contribution in [2.75, 3.05) is 60.2 Å². The fourth-order valence-corrected chi connectivity index (χ4v) is 4.14. The second-order valence-corrected chi connectivity index (χ2v) is 8.53. The van der Waals surface area contributed by atoms with Crippen molar-refractivity contribution in [3.63, 3.8) is 0 Å². The predicted octanol–water partition coefficient (Wildman–Crippen LogP) is 2.15. The molecule has 0 unspecified atom stereocenters. The molecule has 2 aromatic carbocycles. The van der Waals surface area contributed by atoms with E-state index < -0.39 is 5.60 Å². The van der Waals surface area contributed by atoms with Crippen LogP contribution in [-0.4, -0.2) is 85.8 Å². The summed E-state index contributed by atoms with van der Waals surface area (Å²) in [6, 6.07) is 16.1. The highest BCUT2D eigenvalue weighted by atomic mass is 16.5. The van der Waals surface area contributed by atoms with Crippen molar-refractivity contribution in [1.82, 2.24) is 9.80 Å². The number of hydrogen-bond donors (Lipinski definition) is 2. The van der Waals surface area contributed by atoms with E-state index in [1.54, 1.807) is 7.11 Å². The number of nitrogens with zero attached hydrogens (tertiary/aromatic N) is 2. The summed E-state index contributed by atoms with van der Waals surface area (Å²) in [6.45, 7) is 5.07. The molecule has 1 saturated heterocycles. The fourth-order valence-electron chi connectivity index (χ4n) is 4.14. The van der Waals surface area contributed by atoms with Gasteiger partial charge in [-0.15, -0.1) is 0 Å². The van der Waals surface area contributed by atoms with Crippen molar-refractivity contribution in [3.05, 3.63) is 59.7 Å². The first-order valence-corrected chi connectivity index (χ1v) is 11.2. The standard InChI is InChI=1S/C25H36N2O5/c1-26(17-21-3-7-23(30-2)8-4-21)19-25(29)11-12-27(20-25)18-22-5-9-24(10-6-22)32-16-15-31-14-13-28/h3-10,28-29H,11-20H2,1-2H3/t25-/m0/s1. The smallest absolute Gasteiger partial charge is 0.119 e. The van der Waals surface area contributed by atoms with Crippen molar-refractivity contribution in [1.29, 1.82) is 0 Å². The Labute approximate surface area is 191 Å². The number of likely N-dealkylation sites (tertiary alicyclic amines) is 1. The van der Waals surface area contributed by atoms with Gasteiger partial charge in [0.05, 0.1) is 32.5 Å². The molecule has 1 fully saturated rings. The molecule has 0 aliphatic carbocycles. The zero-order valence-corrected chi connectivity index (χ0v) is 19.2. The maximum absolute atomic E-state index is 11.1. The maximum atomic E-state index is 11.1. The average molecular weight is 445 g/mol. The van der Waals surface area contributed by atoms with E-state index in [2.05, 4.69) is 41.1 Å². The van der Waals surface area contributed by atoms with E-state index in [-0.39, 0.29) is 6.61 Å². The minimum absolute atomic E-state index is 0.0271. The van der Waals surface area contributed by atoms with Gasteiger partial charge in [0.2, 0.25) is 0 Å². The van der Waals surface area contributed by atoms with E-state index in [1.165, 1.54) is 11.1 Å². The Morgan fingerprint density at radius 2 is 1.66 bits per heavy atom. The highest BCUT2D eigenvalue weighted by molar-refractivity contribution is 5.28. The van der Waals surface area contributed by atoms with Crippen LogP contribution in [0.2, 0.25) is 0 Å². The quantitative estimate of drug-likeness (QED) is 0.459. The second kappa shape index (κ2) is 12.2. The second-order valence-electron chi connectivity index (χ2n) is 8.53. The molecule has 1 heterocycles. The van der Waals surface area contributed by atoms with Crippen molar-refractivity contribution >= 4 is 0 Å². The number of aliphatic hydroxyl groups excluding tert-OH is 1. The Bertz CT molecular complexity index is 799. The van der Waals surface area contributed by atoms with Crippen LogP contribution in [0.1, 0.15) is 17.5 Å². The summed E-state index contributed by atoms with van der Waals surface area (Å²) < 4.78 is 16.1. The van der Waals surface area contributed by atoms with Gasteiger partial charge in [-0.1, -0.05) is 24.3 Å². The summed E-state index contributed by atoms with van der Waals surface area (Å²) in [5, 5.41) is 19.8. The molecule has 32 heavy (non-hydrogen) atoms. The van der Waals surface area contributed by atoms with E-state index in [4.69, 9.17) is 19.3 Å². The number of rotatable bonds is 13. The monoisotopic (exact) mass is 444 g/mol. The molecule has 1 aliphatic heterocycles. The number of β-amino-alcohol motifs (C(OH)–C–C–N with tert-alkyl or cyclic N) is 1. The Balaban J connectivity index is 1.41. The summed E-state index contributed by atoms with van der Waals surface area (Å²) in [4.78, 5) is 4.49. The van der Waals surface area contributed by atoms with Crippen LogP contribution in [0.15, 0.2) is 48.5 Å². The van der Waals surface area contributed by atoms with Gasteiger partial charge < -0.3 is 24.4 Å². The molecule has 1 aliphatic rings. The molecular formula is C25H36N2O5. The summed E-state index contributed by atoms with van der Waals surface area (Å²) >= 11 is 0. The molecule has 3 rings (SSSR count). The van der Waals surface area contributed by atoms with Gasteiger partial charge in [-0.3, -0.25) is 9.80 Å². The number of aliphatic hydroxyl groups is 2. The van der Waals surface area contributed by atoms with E-state index in [9.17, 15) is 5.11 Å². The van der Waals surface area contributed by atoms with E-state index in [0.29, 0.717) is 32.9 Å². The van der Waals surface area contributed by atoms with Crippen LogP contribution in [0.3, 0.4) is 0 Å². The van der Waals surface area contributed by atoms with Crippen LogP contribution in [0, 0.1) is 0 Å². The lowest BCUT2D eigenvalue weighted by Crippen LogP contribution is -2.43. The van der Waals surface area contributed by atoms with Gasteiger partial charge in [-0.05, 0) is 48.9 Å². The average Bonchev–Trinajstić information content (AvgIpc) is 3.15. The van der Waals surface area contributed by atoms with Crippen LogP contribution in [0.5, 0.6) is 11.5 Å². The molecule has 7 heteroatoms. The molecule has 7 nitrogen and oxygen atoms in total. The molecule has 0 aromatic heterocycles. The first-order chi connectivity index (χ1) is 15.5. The van der Waals surface area contributed by atoms with Crippen molar-refractivity contribution in [2.45, 2.75) is 25.1 Å². The highest BCUT2D eigenvalue weighted by Crippen LogP contribution is 2.25. The molecule has 0 bridgehead atoms. The van der Waals surface area contributed by atoms with Gasteiger partial charge in [0.15, 0.2) is 0 Å². The predicted molar refractivity (Wildman–Crippen MR) is 124 cm³/mol. The lowest BCUT2D eigenvalue weighted by Gasteiger charge is -2.29. The van der Waals surface area contributed by atoms with E-state index in [0.717, 1.165) is 37.6 Å². The lowest BCUT2D eigenvalue weighted by molar-refractivity contribution is 0.0162. The van der Waals surface area contributed by atoms with Crippen LogP contribution in [-0.2, 0) is 17.8 Å². The molecule has 0 amide bonds. The van der Waals surface area contributed by atoms with Crippen molar-refractivity contribution in [2.24, 2.45) is 0 Å². The molecule has 2 N–H and O–H groups in total. The topological polar surface area (TPSA) is 74.6 Å². The van der Waals surface area contributed by atoms with Gasteiger partial charge in [0.25, 0.3) is 0 Å². The third kappa shape index (κ3) is 7.76. The Hall–Kier alpha value is -2.16. The summed E-state index contributed by atoms with van der Waals surface area (Å²) in [5.41, 5.74) is 1.71. The van der Waals surface area contributed by atoms with Gasteiger partial charge >= 0.3 is 0 Å². The molecule has 1 atom stereocenters. The lowest BCUT2D eigenvalue weighted by atomic mass is 10.0. The number of benzene rings is 2. The molecule has 0 saturated carbocycles. The minimum Gasteiger partial charge on any atom is -0.497 e. The third-order valence-electron chi connectivity index (χ3n) is 5.65. The molecule has 2 aromatic rings. The number of ether oxygens (including phenoxy) is 3. The fraction of sp³-hybridized carbons (Fsp3) is 0.520. The zero-order valence-electron chi connectivity index (χ0n) is 19.2. The van der Waals surface area contributed by atoms with Gasteiger partial charge in [-0.2, -0.15) is 0 Å². The first kappa shape index (κ1) is 24.5. The minimum atomic E-state index is -0.696. The van der Waals surface area contributed by atoms with E-state index >= 15 is 0 Å². The summed E-state index contributed by atoms with van der Waals surface area (Å²) in [5.74, 6) is 1.66.